The van der Waals surface area contributed by atoms with E-state index in [2.05, 4.69) is 10.2 Å². The second kappa shape index (κ2) is 6.25. The van der Waals surface area contributed by atoms with Gasteiger partial charge in [0.25, 0.3) is 0 Å². The lowest BCUT2D eigenvalue weighted by Crippen LogP contribution is -2.45. The average molecular weight is 264 g/mol. The first-order chi connectivity index (χ1) is 9.31. The van der Waals surface area contributed by atoms with Crippen LogP contribution < -0.4 is 5.32 Å². The zero-order valence-electron chi connectivity index (χ0n) is 12.1. The highest BCUT2D eigenvalue weighted by molar-refractivity contribution is 5.76. The number of rotatable bonds is 5. The highest BCUT2D eigenvalue weighted by atomic mass is 16.2. The van der Waals surface area contributed by atoms with Crippen molar-refractivity contribution in [1.29, 1.82) is 0 Å². The van der Waals surface area contributed by atoms with Crippen molar-refractivity contribution in [3.63, 3.8) is 0 Å². The number of hydrogen-bond acceptors (Lipinski definition) is 2. The Labute approximate surface area is 117 Å². The predicted octanol–water partition coefficient (Wildman–Crippen LogP) is 2.56. The molecule has 3 heteroatoms. The van der Waals surface area contributed by atoms with Gasteiger partial charge in [0.2, 0.25) is 5.91 Å². The van der Waals surface area contributed by atoms with E-state index in [9.17, 15) is 4.79 Å². The standard InChI is InChI=1S/C16H28N2O/c19-16(11-13-3-1-2-4-13)18-9-7-15(8-10-18)17-12-14-5-6-14/h13-15,17H,1-12H2. The molecule has 0 unspecified atom stereocenters. The van der Waals surface area contributed by atoms with E-state index in [1.54, 1.807) is 0 Å². The minimum atomic E-state index is 0.424. The van der Waals surface area contributed by atoms with Crippen LogP contribution in [-0.2, 0) is 4.79 Å². The zero-order chi connectivity index (χ0) is 13.1. The van der Waals surface area contributed by atoms with Crippen LogP contribution in [0.5, 0.6) is 0 Å². The van der Waals surface area contributed by atoms with Crippen molar-refractivity contribution in [2.75, 3.05) is 19.6 Å². The molecule has 0 bridgehead atoms. The van der Waals surface area contributed by atoms with Crippen LogP contribution >= 0.6 is 0 Å². The molecule has 3 aliphatic rings. The molecule has 2 aliphatic carbocycles. The molecular formula is C16H28N2O. The molecule has 1 saturated heterocycles. The van der Waals surface area contributed by atoms with Crippen LogP contribution in [0.25, 0.3) is 0 Å². The van der Waals surface area contributed by atoms with Gasteiger partial charge >= 0.3 is 0 Å². The maximum Gasteiger partial charge on any atom is 0.222 e. The van der Waals surface area contributed by atoms with Gasteiger partial charge in [-0.05, 0) is 56.9 Å². The van der Waals surface area contributed by atoms with Crippen molar-refractivity contribution in [3.05, 3.63) is 0 Å². The summed E-state index contributed by atoms with van der Waals surface area (Å²) >= 11 is 0. The van der Waals surface area contributed by atoms with Crippen LogP contribution in [0.15, 0.2) is 0 Å². The maximum absolute atomic E-state index is 12.2. The number of piperidine rings is 1. The zero-order valence-corrected chi connectivity index (χ0v) is 12.1. The molecule has 0 aromatic carbocycles. The molecule has 19 heavy (non-hydrogen) atoms. The molecule has 108 valence electrons. The third-order valence-corrected chi connectivity index (χ3v) is 5.18. The van der Waals surface area contributed by atoms with Gasteiger partial charge in [0, 0.05) is 25.6 Å². The highest BCUT2D eigenvalue weighted by Gasteiger charge is 2.27. The van der Waals surface area contributed by atoms with Crippen molar-refractivity contribution < 1.29 is 4.79 Å². The highest BCUT2D eigenvalue weighted by Crippen LogP contribution is 2.29. The summed E-state index contributed by atoms with van der Waals surface area (Å²) in [5.74, 6) is 2.08. The van der Waals surface area contributed by atoms with Gasteiger partial charge in [-0.1, -0.05) is 12.8 Å². The molecule has 1 heterocycles. The Bertz CT molecular complexity index is 300. The van der Waals surface area contributed by atoms with Crippen molar-refractivity contribution in [3.8, 4) is 0 Å². The number of nitrogens with one attached hydrogen (secondary N) is 1. The molecule has 0 spiro atoms. The minimum absolute atomic E-state index is 0.424. The molecule has 0 aromatic heterocycles. The van der Waals surface area contributed by atoms with Gasteiger partial charge in [0.15, 0.2) is 0 Å². The lowest BCUT2D eigenvalue weighted by Gasteiger charge is -2.33. The second-order valence-corrected chi connectivity index (χ2v) is 6.86. The normalized spacial score (nSPS) is 26.0. The van der Waals surface area contributed by atoms with Gasteiger partial charge in [0.1, 0.15) is 0 Å². The van der Waals surface area contributed by atoms with E-state index >= 15 is 0 Å². The van der Waals surface area contributed by atoms with E-state index in [1.807, 2.05) is 0 Å². The van der Waals surface area contributed by atoms with Crippen LogP contribution in [0, 0.1) is 11.8 Å². The molecule has 3 rings (SSSR count). The average Bonchev–Trinajstić information content (AvgIpc) is 3.13. The first kappa shape index (κ1) is 13.4. The molecular weight excluding hydrogens is 236 g/mol. The van der Waals surface area contributed by atoms with Gasteiger partial charge in [-0.25, -0.2) is 0 Å². The molecule has 3 fully saturated rings. The van der Waals surface area contributed by atoms with E-state index in [0.29, 0.717) is 17.9 Å². The fraction of sp³-hybridized carbons (Fsp3) is 0.938. The molecule has 0 radical (unpaired) electrons. The smallest absolute Gasteiger partial charge is 0.222 e. The maximum atomic E-state index is 12.2. The van der Waals surface area contributed by atoms with Crippen LogP contribution in [-0.4, -0.2) is 36.5 Å². The van der Waals surface area contributed by atoms with Gasteiger partial charge in [-0.3, -0.25) is 4.79 Å². The number of nitrogens with zero attached hydrogens (tertiary/aromatic N) is 1. The SMILES string of the molecule is O=C(CC1CCCC1)N1CCC(NCC2CC2)CC1. The Morgan fingerprint density at radius 2 is 1.63 bits per heavy atom. The first-order valence-corrected chi connectivity index (χ1v) is 8.32. The first-order valence-electron chi connectivity index (χ1n) is 8.32. The largest absolute Gasteiger partial charge is 0.343 e. The molecule has 2 saturated carbocycles. The van der Waals surface area contributed by atoms with E-state index in [-0.39, 0.29) is 0 Å². The second-order valence-electron chi connectivity index (χ2n) is 6.86. The van der Waals surface area contributed by atoms with Gasteiger partial charge < -0.3 is 10.2 Å². The molecule has 0 aromatic rings. The summed E-state index contributed by atoms with van der Waals surface area (Å²) in [4.78, 5) is 14.4. The van der Waals surface area contributed by atoms with Crippen molar-refractivity contribution in [2.24, 2.45) is 11.8 Å². The Morgan fingerprint density at radius 1 is 0.947 bits per heavy atom. The summed E-state index contributed by atoms with van der Waals surface area (Å²) in [6.45, 7) is 3.17. The quantitative estimate of drug-likeness (QED) is 0.827. The van der Waals surface area contributed by atoms with Crippen LogP contribution in [0.2, 0.25) is 0 Å². The Morgan fingerprint density at radius 3 is 2.26 bits per heavy atom. The fourth-order valence-corrected chi connectivity index (χ4v) is 3.58. The van der Waals surface area contributed by atoms with E-state index in [1.165, 1.54) is 45.1 Å². The number of carbonyl (C=O) groups excluding carboxylic acids is 1. The van der Waals surface area contributed by atoms with E-state index in [0.717, 1.165) is 38.3 Å². The van der Waals surface area contributed by atoms with Gasteiger partial charge in [-0.15, -0.1) is 0 Å². The predicted molar refractivity (Wildman–Crippen MR) is 76.9 cm³/mol. The lowest BCUT2D eigenvalue weighted by atomic mass is 10.0. The fourth-order valence-electron chi connectivity index (χ4n) is 3.58. The summed E-state index contributed by atoms with van der Waals surface area (Å²) in [5, 5.41) is 3.68. The van der Waals surface area contributed by atoms with E-state index < -0.39 is 0 Å². The van der Waals surface area contributed by atoms with E-state index in [4.69, 9.17) is 0 Å². The summed E-state index contributed by atoms with van der Waals surface area (Å²) in [6.07, 6.45) is 11.2. The van der Waals surface area contributed by atoms with Crippen molar-refractivity contribution in [2.45, 2.75) is 63.8 Å². The Balaban J connectivity index is 1.35. The van der Waals surface area contributed by atoms with Crippen molar-refractivity contribution >= 4 is 5.91 Å². The summed E-state index contributed by atoms with van der Waals surface area (Å²) in [5.41, 5.74) is 0. The third kappa shape index (κ3) is 3.95. The summed E-state index contributed by atoms with van der Waals surface area (Å²) < 4.78 is 0. The number of amides is 1. The van der Waals surface area contributed by atoms with Gasteiger partial charge in [0.05, 0.1) is 0 Å². The third-order valence-electron chi connectivity index (χ3n) is 5.18. The summed E-state index contributed by atoms with van der Waals surface area (Å²) in [7, 11) is 0. The minimum Gasteiger partial charge on any atom is -0.343 e. The van der Waals surface area contributed by atoms with Crippen molar-refractivity contribution in [1.82, 2.24) is 10.2 Å². The Kier molecular flexibility index (Phi) is 4.42. The van der Waals surface area contributed by atoms with Crippen LogP contribution in [0.4, 0.5) is 0 Å². The molecule has 1 aliphatic heterocycles. The number of hydrogen-bond donors (Lipinski definition) is 1. The lowest BCUT2D eigenvalue weighted by molar-refractivity contribution is -0.133. The van der Waals surface area contributed by atoms with Crippen LogP contribution in [0.3, 0.4) is 0 Å². The molecule has 0 atom stereocenters. The topological polar surface area (TPSA) is 32.3 Å². The van der Waals surface area contributed by atoms with Crippen LogP contribution in [0.1, 0.15) is 57.8 Å². The molecule has 3 nitrogen and oxygen atoms in total. The number of likely N-dealkylation sites (tertiary alicyclic amines) is 1. The summed E-state index contributed by atoms with van der Waals surface area (Å²) in [6, 6.07) is 0.663. The number of carbonyl (C=O) groups is 1. The molecule has 1 amide bonds. The monoisotopic (exact) mass is 264 g/mol. The Hall–Kier alpha value is -0.570. The van der Waals surface area contributed by atoms with Gasteiger partial charge in [-0.2, -0.15) is 0 Å². The molecule has 1 N–H and O–H groups in total.